The molecule has 0 saturated carbocycles. The molecule has 1 rings (SSSR count). The highest BCUT2D eigenvalue weighted by atomic mass is 127. The van der Waals surface area contributed by atoms with Gasteiger partial charge in [-0.25, -0.2) is 0 Å². The van der Waals surface area contributed by atoms with Crippen molar-refractivity contribution in [2.24, 2.45) is 0 Å². The molecule has 0 aliphatic carbocycles. The molecule has 0 aliphatic heterocycles. The Hall–Kier alpha value is -1.11. The Morgan fingerprint density at radius 3 is 2.28 bits per heavy atom. The molecule has 18 heavy (non-hydrogen) atoms. The quantitative estimate of drug-likeness (QED) is 0.597. The lowest BCUT2D eigenvalue weighted by Crippen LogP contribution is -2.46. The third-order valence-electron chi connectivity index (χ3n) is 2.13. The summed E-state index contributed by atoms with van der Waals surface area (Å²) >= 11 is 2.20. The smallest absolute Gasteiger partial charge is 0.313 e. The molecule has 0 spiro atoms. The summed E-state index contributed by atoms with van der Waals surface area (Å²) in [7, 11) is 0. The molecule has 0 fully saturated rings. The molecule has 0 atom stereocenters. The number of nitrogens with one attached hydrogen (secondary N) is 2. The van der Waals surface area contributed by atoms with Crippen LogP contribution in [-0.4, -0.2) is 17.4 Å². The second kappa shape index (κ2) is 5.69. The minimum atomic E-state index is -0.644. The molecular weight excluding hydrogens is 343 g/mol. The lowest BCUT2D eigenvalue weighted by molar-refractivity contribution is -0.137. The predicted molar refractivity (Wildman–Crippen MR) is 80.4 cm³/mol. The second-order valence-corrected chi connectivity index (χ2v) is 6.36. The molecule has 2 amide bonds. The maximum Gasteiger partial charge on any atom is 0.313 e. The lowest BCUT2D eigenvalue weighted by Gasteiger charge is -2.20. The van der Waals surface area contributed by atoms with E-state index in [9.17, 15) is 9.59 Å². The van der Waals surface area contributed by atoms with Gasteiger partial charge in [-0.1, -0.05) is 0 Å². The summed E-state index contributed by atoms with van der Waals surface area (Å²) in [6, 6.07) is 5.61. The van der Waals surface area contributed by atoms with E-state index in [1.807, 2.05) is 39.8 Å². The first-order valence-electron chi connectivity index (χ1n) is 5.59. The third-order valence-corrected chi connectivity index (χ3v) is 2.80. The first-order valence-corrected chi connectivity index (χ1v) is 6.66. The maximum atomic E-state index is 11.7. The fourth-order valence-electron chi connectivity index (χ4n) is 1.34. The van der Waals surface area contributed by atoms with Crippen molar-refractivity contribution in [3.05, 3.63) is 27.3 Å². The van der Waals surface area contributed by atoms with Gasteiger partial charge in [0.1, 0.15) is 0 Å². The largest absolute Gasteiger partial charge is 0.343 e. The highest BCUT2D eigenvalue weighted by Gasteiger charge is 2.20. The number of hydrogen-bond donors (Lipinski definition) is 2. The standard InChI is InChI=1S/C13H17IN2O2/c1-8-7-9(14)5-6-10(8)15-11(17)12(18)16-13(2,3)4/h5-7H,1-4H3,(H,15,17)(H,16,18). The molecule has 4 nitrogen and oxygen atoms in total. The van der Waals surface area contributed by atoms with Gasteiger partial charge in [0.25, 0.3) is 0 Å². The summed E-state index contributed by atoms with van der Waals surface area (Å²) in [5.74, 6) is -1.27. The molecule has 2 N–H and O–H groups in total. The molecule has 0 heterocycles. The van der Waals surface area contributed by atoms with Crippen LogP contribution in [0, 0.1) is 10.5 Å². The monoisotopic (exact) mass is 360 g/mol. The number of rotatable bonds is 1. The number of halogens is 1. The summed E-state index contributed by atoms with van der Waals surface area (Å²) in [4.78, 5) is 23.3. The van der Waals surface area contributed by atoms with Gasteiger partial charge in [-0.3, -0.25) is 9.59 Å². The van der Waals surface area contributed by atoms with E-state index in [2.05, 4.69) is 33.2 Å². The van der Waals surface area contributed by atoms with E-state index >= 15 is 0 Å². The molecule has 0 aromatic heterocycles. The summed E-state index contributed by atoms with van der Waals surface area (Å²) in [5.41, 5.74) is 1.17. The van der Waals surface area contributed by atoms with Crippen LogP contribution >= 0.6 is 22.6 Å². The van der Waals surface area contributed by atoms with Gasteiger partial charge < -0.3 is 10.6 Å². The molecule has 1 aromatic rings. The van der Waals surface area contributed by atoms with E-state index in [4.69, 9.17) is 0 Å². The van der Waals surface area contributed by atoms with Gasteiger partial charge in [-0.05, 0) is 74.0 Å². The molecule has 98 valence electrons. The molecule has 0 radical (unpaired) electrons. The average molecular weight is 360 g/mol. The van der Waals surface area contributed by atoms with Crippen molar-refractivity contribution in [1.29, 1.82) is 0 Å². The molecule has 0 bridgehead atoms. The van der Waals surface area contributed by atoms with Crippen molar-refractivity contribution >= 4 is 40.1 Å². The topological polar surface area (TPSA) is 58.2 Å². The number of hydrogen-bond acceptors (Lipinski definition) is 2. The molecule has 0 saturated heterocycles. The van der Waals surface area contributed by atoms with Crippen molar-refractivity contribution in [2.45, 2.75) is 33.2 Å². The summed E-state index contributed by atoms with van der Waals surface area (Å²) < 4.78 is 1.09. The van der Waals surface area contributed by atoms with Crippen molar-refractivity contribution < 1.29 is 9.59 Å². The van der Waals surface area contributed by atoms with E-state index in [1.165, 1.54) is 0 Å². The molecule has 5 heteroatoms. The van der Waals surface area contributed by atoms with Crippen LogP contribution in [0.25, 0.3) is 0 Å². The highest BCUT2D eigenvalue weighted by molar-refractivity contribution is 14.1. The van der Waals surface area contributed by atoms with Crippen LogP contribution in [0.15, 0.2) is 18.2 Å². The minimum Gasteiger partial charge on any atom is -0.343 e. The van der Waals surface area contributed by atoms with Crippen LogP contribution in [0.3, 0.4) is 0 Å². The normalized spacial score (nSPS) is 10.9. The fraction of sp³-hybridized carbons (Fsp3) is 0.385. The number of anilines is 1. The van der Waals surface area contributed by atoms with Gasteiger partial charge in [-0.15, -0.1) is 0 Å². The van der Waals surface area contributed by atoms with Crippen molar-refractivity contribution in [2.75, 3.05) is 5.32 Å². The summed E-state index contributed by atoms with van der Waals surface area (Å²) in [5, 5.41) is 5.22. The number of carbonyl (C=O) groups excluding carboxylic acids is 2. The van der Waals surface area contributed by atoms with Gasteiger partial charge in [-0.2, -0.15) is 0 Å². The fourth-order valence-corrected chi connectivity index (χ4v) is 1.99. The average Bonchev–Trinajstić information content (AvgIpc) is 2.19. The first-order chi connectivity index (χ1) is 8.19. The molecular formula is C13H17IN2O2. The Morgan fingerprint density at radius 1 is 1.17 bits per heavy atom. The van der Waals surface area contributed by atoms with E-state index in [0.29, 0.717) is 5.69 Å². The van der Waals surface area contributed by atoms with E-state index in [1.54, 1.807) is 6.07 Å². The Morgan fingerprint density at radius 2 is 1.78 bits per heavy atom. The number of carbonyl (C=O) groups is 2. The lowest BCUT2D eigenvalue weighted by atomic mass is 10.1. The highest BCUT2D eigenvalue weighted by Crippen LogP contribution is 2.17. The van der Waals surface area contributed by atoms with Gasteiger partial charge in [0.2, 0.25) is 0 Å². The van der Waals surface area contributed by atoms with E-state index < -0.39 is 17.4 Å². The Bertz CT molecular complexity index is 478. The first kappa shape index (κ1) is 14.9. The van der Waals surface area contributed by atoms with Gasteiger partial charge in [0.05, 0.1) is 0 Å². The Balaban J connectivity index is 2.73. The summed E-state index contributed by atoms with van der Waals surface area (Å²) in [6.07, 6.45) is 0. The van der Waals surface area contributed by atoms with Crippen LogP contribution in [0.1, 0.15) is 26.3 Å². The molecule has 1 aromatic carbocycles. The second-order valence-electron chi connectivity index (χ2n) is 5.12. The number of amides is 2. The van der Waals surface area contributed by atoms with E-state index in [0.717, 1.165) is 9.13 Å². The van der Waals surface area contributed by atoms with Crippen LogP contribution in [-0.2, 0) is 9.59 Å². The maximum absolute atomic E-state index is 11.7. The third kappa shape index (κ3) is 4.64. The number of benzene rings is 1. The predicted octanol–water partition coefficient (Wildman–Crippen LogP) is 2.45. The van der Waals surface area contributed by atoms with Gasteiger partial charge in [0.15, 0.2) is 0 Å². The van der Waals surface area contributed by atoms with E-state index in [-0.39, 0.29) is 0 Å². The zero-order valence-corrected chi connectivity index (χ0v) is 13.1. The summed E-state index contributed by atoms with van der Waals surface area (Å²) in [6.45, 7) is 7.37. The SMILES string of the molecule is Cc1cc(I)ccc1NC(=O)C(=O)NC(C)(C)C. The zero-order valence-electron chi connectivity index (χ0n) is 10.9. The van der Waals surface area contributed by atoms with Crippen molar-refractivity contribution in [3.8, 4) is 0 Å². The van der Waals surface area contributed by atoms with Crippen molar-refractivity contribution in [1.82, 2.24) is 5.32 Å². The Kier molecular flexibility index (Phi) is 4.72. The Labute approximate surface area is 121 Å². The molecule has 0 unspecified atom stereocenters. The van der Waals surface area contributed by atoms with Gasteiger partial charge in [0, 0.05) is 14.8 Å². The van der Waals surface area contributed by atoms with Crippen LogP contribution < -0.4 is 10.6 Å². The minimum absolute atomic E-state index is 0.421. The van der Waals surface area contributed by atoms with Crippen LogP contribution in [0.2, 0.25) is 0 Å². The van der Waals surface area contributed by atoms with Gasteiger partial charge >= 0.3 is 11.8 Å². The van der Waals surface area contributed by atoms with Crippen LogP contribution in [0.4, 0.5) is 5.69 Å². The zero-order chi connectivity index (χ0) is 13.9. The number of aryl methyl sites for hydroxylation is 1. The van der Waals surface area contributed by atoms with Crippen molar-refractivity contribution in [3.63, 3.8) is 0 Å². The molecule has 0 aliphatic rings. The van der Waals surface area contributed by atoms with Crippen LogP contribution in [0.5, 0.6) is 0 Å².